The van der Waals surface area contributed by atoms with E-state index < -0.39 is 17.7 Å². The Labute approximate surface area is 92.2 Å². The fraction of sp³-hybridized carbons (Fsp3) is 0.500. The summed E-state index contributed by atoms with van der Waals surface area (Å²) in [6, 6.07) is 0. The van der Waals surface area contributed by atoms with Crippen molar-refractivity contribution in [1.82, 2.24) is 0 Å². The molecule has 0 saturated heterocycles. The van der Waals surface area contributed by atoms with Crippen molar-refractivity contribution in [2.45, 2.75) is 19.6 Å². The van der Waals surface area contributed by atoms with Crippen LogP contribution in [0.3, 0.4) is 0 Å². The lowest BCUT2D eigenvalue weighted by Gasteiger charge is -2.30. The van der Waals surface area contributed by atoms with Gasteiger partial charge in [0, 0.05) is 13.8 Å². The van der Waals surface area contributed by atoms with Crippen LogP contribution >= 0.6 is 0 Å². The van der Waals surface area contributed by atoms with E-state index in [2.05, 4.69) is 0 Å². The standard InChI is InChI=1S/C10H12O6/c1-7(11)14-6-10(16-8(2)12)4-3-9(13)5-15-10/h3-4H,5-6H2,1-2H3. The van der Waals surface area contributed by atoms with E-state index in [-0.39, 0.29) is 19.0 Å². The molecule has 0 bridgehead atoms. The second-order valence-corrected chi connectivity index (χ2v) is 3.27. The summed E-state index contributed by atoms with van der Waals surface area (Å²) in [4.78, 5) is 32.5. The summed E-state index contributed by atoms with van der Waals surface area (Å²) in [5.74, 6) is -2.84. The van der Waals surface area contributed by atoms with E-state index in [1.54, 1.807) is 0 Å². The molecule has 1 aliphatic rings. The summed E-state index contributed by atoms with van der Waals surface area (Å²) in [5, 5.41) is 0. The van der Waals surface area contributed by atoms with Crippen molar-refractivity contribution >= 4 is 17.7 Å². The Balaban J connectivity index is 2.76. The number of hydrogen-bond donors (Lipinski definition) is 0. The first kappa shape index (κ1) is 12.4. The van der Waals surface area contributed by atoms with Crippen LogP contribution in [-0.4, -0.2) is 36.7 Å². The van der Waals surface area contributed by atoms with E-state index in [1.807, 2.05) is 0 Å². The Kier molecular flexibility index (Phi) is 3.78. The van der Waals surface area contributed by atoms with Gasteiger partial charge in [-0.1, -0.05) is 0 Å². The van der Waals surface area contributed by atoms with Gasteiger partial charge >= 0.3 is 11.9 Å². The molecule has 6 nitrogen and oxygen atoms in total. The topological polar surface area (TPSA) is 78.9 Å². The molecule has 1 unspecified atom stereocenters. The molecule has 0 amide bonds. The average molecular weight is 228 g/mol. The molecule has 0 spiro atoms. The highest BCUT2D eigenvalue weighted by atomic mass is 16.7. The average Bonchev–Trinajstić information content (AvgIpc) is 2.19. The maximum absolute atomic E-state index is 10.9. The fourth-order valence-electron chi connectivity index (χ4n) is 1.14. The van der Waals surface area contributed by atoms with Crippen molar-refractivity contribution in [1.29, 1.82) is 0 Å². The summed E-state index contributed by atoms with van der Waals surface area (Å²) in [7, 11) is 0. The van der Waals surface area contributed by atoms with Gasteiger partial charge in [-0.25, -0.2) is 0 Å². The van der Waals surface area contributed by atoms with Crippen LogP contribution in [-0.2, 0) is 28.6 Å². The van der Waals surface area contributed by atoms with Gasteiger partial charge in [-0.05, 0) is 12.2 Å². The van der Waals surface area contributed by atoms with Crippen LogP contribution in [0.4, 0.5) is 0 Å². The largest absolute Gasteiger partial charge is 0.458 e. The number of ketones is 1. The maximum Gasteiger partial charge on any atom is 0.305 e. The van der Waals surface area contributed by atoms with Crippen LogP contribution in [0.5, 0.6) is 0 Å². The lowest BCUT2D eigenvalue weighted by Crippen LogP contribution is -2.44. The lowest BCUT2D eigenvalue weighted by atomic mass is 10.2. The van der Waals surface area contributed by atoms with E-state index in [9.17, 15) is 14.4 Å². The molecule has 0 aromatic heterocycles. The van der Waals surface area contributed by atoms with Crippen LogP contribution in [0.15, 0.2) is 12.2 Å². The van der Waals surface area contributed by atoms with E-state index in [4.69, 9.17) is 14.2 Å². The van der Waals surface area contributed by atoms with Gasteiger partial charge in [0.2, 0.25) is 0 Å². The molecule has 0 aromatic carbocycles. The summed E-state index contributed by atoms with van der Waals surface area (Å²) in [5.41, 5.74) is 0. The Morgan fingerprint density at radius 2 is 2.12 bits per heavy atom. The molecule has 16 heavy (non-hydrogen) atoms. The number of hydrogen-bond acceptors (Lipinski definition) is 6. The highest BCUT2D eigenvalue weighted by molar-refractivity contribution is 5.91. The number of carbonyl (C=O) groups is 3. The van der Waals surface area contributed by atoms with Crippen molar-refractivity contribution < 1.29 is 28.6 Å². The third-order valence-corrected chi connectivity index (χ3v) is 1.78. The summed E-state index contributed by atoms with van der Waals surface area (Å²) >= 11 is 0. The van der Waals surface area contributed by atoms with Gasteiger partial charge in [-0.15, -0.1) is 0 Å². The van der Waals surface area contributed by atoms with Crippen molar-refractivity contribution in [3.05, 3.63) is 12.2 Å². The van der Waals surface area contributed by atoms with Gasteiger partial charge in [0.1, 0.15) is 6.61 Å². The minimum atomic E-state index is -1.48. The first-order valence-corrected chi connectivity index (χ1v) is 4.62. The molecule has 1 aliphatic heterocycles. The molecular formula is C10H12O6. The monoisotopic (exact) mass is 228 g/mol. The first-order chi connectivity index (χ1) is 7.43. The second-order valence-electron chi connectivity index (χ2n) is 3.27. The molecule has 0 saturated carbocycles. The molecule has 6 heteroatoms. The summed E-state index contributed by atoms with van der Waals surface area (Å²) in [6.45, 7) is 1.93. The summed E-state index contributed by atoms with van der Waals surface area (Å²) in [6.07, 6.45) is 2.50. The molecule has 88 valence electrons. The molecule has 0 aromatic rings. The molecule has 0 aliphatic carbocycles. The van der Waals surface area contributed by atoms with Crippen LogP contribution in [0.2, 0.25) is 0 Å². The van der Waals surface area contributed by atoms with Gasteiger partial charge in [-0.3, -0.25) is 14.4 Å². The van der Waals surface area contributed by atoms with Crippen molar-refractivity contribution in [2.75, 3.05) is 13.2 Å². The zero-order valence-corrected chi connectivity index (χ0v) is 9.02. The van der Waals surface area contributed by atoms with Crippen LogP contribution < -0.4 is 0 Å². The highest BCUT2D eigenvalue weighted by Crippen LogP contribution is 2.20. The fourth-order valence-corrected chi connectivity index (χ4v) is 1.14. The van der Waals surface area contributed by atoms with E-state index in [0.717, 1.165) is 0 Å². The summed E-state index contributed by atoms with van der Waals surface area (Å²) < 4.78 is 14.7. The molecule has 1 atom stereocenters. The van der Waals surface area contributed by atoms with Crippen molar-refractivity contribution in [3.63, 3.8) is 0 Å². The van der Waals surface area contributed by atoms with Crippen molar-refractivity contribution in [3.8, 4) is 0 Å². The molecule has 1 heterocycles. The molecule has 0 N–H and O–H groups in total. The number of esters is 2. The third-order valence-electron chi connectivity index (χ3n) is 1.78. The van der Waals surface area contributed by atoms with Crippen molar-refractivity contribution in [2.24, 2.45) is 0 Å². The third kappa shape index (κ3) is 3.47. The van der Waals surface area contributed by atoms with Gasteiger partial charge in [0.05, 0.1) is 0 Å². The van der Waals surface area contributed by atoms with E-state index in [0.29, 0.717) is 0 Å². The van der Waals surface area contributed by atoms with Crippen LogP contribution in [0, 0.1) is 0 Å². The zero-order valence-electron chi connectivity index (χ0n) is 9.02. The number of carbonyl (C=O) groups excluding carboxylic acids is 3. The normalized spacial score (nSPS) is 24.0. The minimum Gasteiger partial charge on any atom is -0.458 e. The van der Waals surface area contributed by atoms with Gasteiger partial charge in [0.25, 0.3) is 5.79 Å². The predicted molar refractivity (Wildman–Crippen MR) is 51.2 cm³/mol. The number of ether oxygens (including phenoxy) is 3. The SMILES string of the molecule is CC(=O)OCC1(OC(C)=O)C=CC(=O)CO1. The zero-order chi connectivity index (χ0) is 12.2. The molecule has 0 fully saturated rings. The van der Waals surface area contributed by atoms with Crippen LogP contribution in [0.25, 0.3) is 0 Å². The molecule has 0 radical (unpaired) electrons. The van der Waals surface area contributed by atoms with E-state index >= 15 is 0 Å². The predicted octanol–water partition coefficient (Wildman–Crippen LogP) is -0.0356. The highest BCUT2D eigenvalue weighted by Gasteiger charge is 2.36. The minimum absolute atomic E-state index is 0.217. The Morgan fingerprint density at radius 3 is 2.56 bits per heavy atom. The number of rotatable bonds is 3. The van der Waals surface area contributed by atoms with Gasteiger partial charge in [-0.2, -0.15) is 0 Å². The second kappa shape index (κ2) is 4.89. The van der Waals surface area contributed by atoms with Gasteiger partial charge < -0.3 is 14.2 Å². The van der Waals surface area contributed by atoms with E-state index in [1.165, 1.54) is 26.0 Å². The maximum atomic E-state index is 10.9. The molecule has 1 rings (SSSR count). The Hall–Kier alpha value is -1.69. The quantitative estimate of drug-likeness (QED) is 0.631. The smallest absolute Gasteiger partial charge is 0.305 e. The molecular weight excluding hydrogens is 216 g/mol. The first-order valence-electron chi connectivity index (χ1n) is 4.62. The Morgan fingerprint density at radius 1 is 1.44 bits per heavy atom. The Bertz CT molecular complexity index is 345. The van der Waals surface area contributed by atoms with Crippen LogP contribution in [0.1, 0.15) is 13.8 Å². The lowest BCUT2D eigenvalue weighted by molar-refractivity contribution is -0.227. The van der Waals surface area contributed by atoms with Gasteiger partial charge in [0.15, 0.2) is 12.4 Å².